The van der Waals surface area contributed by atoms with Gasteiger partial charge in [-0.15, -0.1) is 0 Å². The second kappa shape index (κ2) is 6.64. The first-order chi connectivity index (χ1) is 10.3. The van der Waals surface area contributed by atoms with Gasteiger partial charge in [0.05, 0.1) is 0 Å². The summed E-state index contributed by atoms with van der Waals surface area (Å²) in [5, 5.41) is 2.38. The highest BCUT2D eigenvalue weighted by molar-refractivity contribution is 7.92. The van der Waals surface area contributed by atoms with Gasteiger partial charge in [0.1, 0.15) is 0 Å². The van der Waals surface area contributed by atoms with Crippen LogP contribution >= 0.6 is 0 Å². The van der Waals surface area contributed by atoms with Crippen LogP contribution in [-0.2, 0) is 16.4 Å². The van der Waals surface area contributed by atoms with E-state index in [9.17, 15) is 8.42 Å². The highest BCUT2D eigenvalue weighted by Gasteiger charge is 2.08. The second-order valence-electron chi connectivity index (χ2n) is 5.80. The van der Waals surface area contributed by atoms with Crippen LogP contribution < -0.4 is 0 Å². The van der Waals surface area contributed by atoms with Crippen molar-refractivity contribution < 1.29 is 8.42 Å². The topological polar surface area (TPSA) is 56.4 Å². The molecule has 1 N–H and O–H groups in total. The summed E-state index contributed by atoms with van der Waals surface area (Å²) in [5.41, 5.74) is 3.19. The quantitative estimate of drug-likeness (QED) is 0.887. The van der Waals surface area contributed by atoms with Crippen molar-refractivity contribution in [2.45, 2.75) is 6.42 Å². The van der Waals surface area contributed by atoms with Gasteiger partial charge in [0.2, 0.25) is 10.0 Å². The molecular weight excluding hydrogens is 298 g/mol. The largest absolute Gasteiger partial charge is 0.361 e. The molecule has 1 aromatic heterocycles. The maximum Gasteiger partial charge on any atom is 0.235 e. The number of H-pyrrole nitrogens is 1. The summed E-state index contributed by atoms with van der Waals surface area (Å²) in [6, 6.07) is 5.92. The molecule has 0 saturated carbocycles. The molecule has 0 radical (unpaired) electrons. The standard InChI is InChI=1S/C16H23N3O2S/c1-18(2)9-7-14-12-17-16-6-5-13(11-15(14)16)8-10-22(20,21)19(3)4/h5-6,8,10-12,17H,7,9H2,1-4H3. The summed E-state index contributed by atoms with van der Waals surface area (Å²) in [6.07, 6.45) is 4.62. The average Bonchev–Trinajstić information content (AvgIpc) is 2.85. The highest BCUT2D eigenvalue weighted by atomic mass is 32.2. The molecule has 5 nitrogen and oxygen atoms in total. The predicted molar refractivity (Wildman–Crippen MR) is 92.2 cm³/mol. The molecule has 0 saturated heterocycles. The zero-order valence-corrected chi connectivity index (χ0v) is 14.3. The first-order valence-corrected chi connectivity index (χ1v) is 8.65. The molecule has 120 valence electrons. The Morgan fingerprint density at radius 1 is 1.18 bits per heavy atom. The van der Waals surface area contributed by atoms with Crippen LogP contribution in [0, 0.1) is 0 Å². The monoisotopic (exact) mass is 321 g/mol. The van der Waals surface area contributed by atoms with Gasteiger partial charge in [-0.05, 0) is 49.9 Å². The van der Waals surface area contributed by atoms with Crippen LogP contribution in [0.5, 0.6) is 0 Å². The number of hydrogen-bond acceptors (Lipinski definition) is 3. The first-order valence-electron chi connectivity index (χ1n) is 7.15. The van der Waals surface area contributed by atoms with E-state index in [4.69, 9.17) is 0 Å². The maximum atomic E-state index is 11.8. The van der Waals surface area contributed by atoms with Crippen molar-refractivity contribution in [3.63, 3.8) is 0 Å². The average molecular weight is 321 g/mol. The van der Waals surface area contributed by atoms with E-state index in [-0.39, 0.29) is 0 Å². The minimum absolute atomic E-state index is 0.878. The fourth-order valence-corrected chi connectivity index (χ4v) is 2.71. The van der Waals surface area contributed by atoms with E-state index in [2.05, 4.69) is 24.0 Å². The third kappa shape index (κ3) is 3.97. The van der Waals surface area contributed by atoms with Crippen molar-refractivity contribution >= 4 is 27.0 Å². The summed E-state index contributed by atoms with van der Waals surface area (Å²) in [4.78, 5) is 5.41. The summed E-state index contributed by atoms with van der Waals surface area (Å²) >= 11 is 0. The van der Waals surface area contributed by atoms with Crippen LogP contribution in [-0.4, -0.2) is 57.3 Å². The number of nitrogens with one attached hydrogen (secondary N) is 1. The van der Waals surface area contributed by atoms with E-state index in [1.54, 1.807) is 6.08 Å². The minimum Gasteiger partial charge on any atom is -0.361 e. The number of benzene rings is 1. The summed E-state index contributed by atoms with van der Waals surface area (Å²) < 4.78 is 24.8. The van der Waals surface area contributed by atoms with E-state index in [0.717, 1.165) is 29.4 Å². The van der Waals surface area contributed by atoms with Crippen molar-refractivity contribution in [2.75, 3.05) is 34.7 Å². The lowest BCUT2D eigenvalue weighted by atomic mass is 10.1. The summed E-state index contributed by atoms with van der Waals surface area (Å²) in [5.74, 6) is 0. The van der Waals surface area contributed by atoms with Gasteiger partial charge >= 0.3 is 0 Å². The molecule has 1 aromatic carbocycles. The first kappa shape index (κ1) is 16.7. The minimum atomic E-state index is -3.33. The highest BCUT2D eigenvalue weighted by Crippen LogP contribution is 2.21. The predicted octanol–water partition coefficient (Wildman–Crippen LogP) is 2.13. The lowest BCUT2D eigenvalue weighted by Gasteiger charge is -2.08. The molecule has 0 amide bonds. The molecule has 0 aliphatic carbocycles. The zero-order chi connectivity index (χ0) is 16.3. The van der Waals surface area contributed by atoms with E-state index in [1.165, 1.54) is 29.4 Å². The van der Waals surface area contributed by atoms with E-state index in [1.807, 2.05) is 24.4 Å². The Morgan fingerprint density at radius 2 is 1.91 bits per heavy atom. The molecule has 2 aromatic rings. The Morgan fingerprint density at radius 3 is 2.55 bits per heavy atom. The second-order valence-corrected chi connectivity index (χ2v) is 7.83. The lowest BCUT2D eigenvalue weighted by molar-refractivity contribution is 0.414. The van der Waals surface area contributed by atoms with Crippen molar-refractivity contribution in [3.8, 4) is 0 Å². The zero-order valence-electron chi connectivity index (χ0n) is 13.5. The Labute approximate surface area is 132 Å². The SMILES string of the molecule is CN(C)CCc1c[nH]c2ccc(C=CS(=O)(=O)N(C)C)cc12. The van der Waals surface area contributed by atoms with Crippen molar-refractivity contribution in [1.82, 2.24) is 14.2 Å². The van der Waals surface area contributed by atoms with Gasteiger partial charge in [0, 0.05) is 43.1 Å². The van der Waals surface area contributed by atoms with Crippen LogP contribution in [0.25, 0.3) is 17.0 Å². The number of likely N-dealkylation sites (N-methyl/N-ethyl adjacent to an activating group) is 1. The van der Waals surface area contributed by atoms with Gasteiger partial charge < -0.3 is 9.88 Å². The molecule has 1 heterocycles. The number of fused-ring (bicyclic) bond motifs is 1. The normalized spacial score (nSPS) is 13.0. The Kier molecular flexibility index (Phi) is 5.05. The molecule has 2 rings (SSSR count). The molecule has 0 bridgehead atoms. The third-order valence-electron chi connectivity index (χ3n) is 3.56. The molecule has 22 heavy (non-hydrogen) atoms. The molecule has 0 unspecified atom stereocenters. The maximum absolute atomic E-state index is 11.8. The molecule has 0 atom stereocenters. The molecule has 0 spiro atoms. The molecule has 0 aliphatic rings. The van der Waals surface area contributed by atoms with Gasteiger partial charge in [-0.3, -0.25) is 0 Å². The smallest absolute Gasteiger partial charge is 0.235 e. The van der Waals surface area contributed by atoms with Crippen molar-refractivity contribution in [3.05, 3.63) is 40.9 Å². The molecular formula is C16H23N3O2S. The Bertz CT molecular complexity index is 774. The lowest BCUT2D eigenvalue weighted by Crippen LogP contribution is -2.19. The Balaban J connectivity index is 2.29. The van der Waals surface area contributed by atoms with Crippen molar-refractivity contribution in [2.24, 2.45) is 0 Å². The number of nitrogens with zero attached hydrogens (tertiary/aromatic N) is 2. The number of aromatic amines is 1. The molecule has 0 aliphatic heterocycles. The third-order valence-corrected chi connectivity index (χ3v) is 5.06. The van der Waals surface area contributed by atoms with E-state index < -0.39 is 10.0 Å². The summed E-state index contributed by atoms with van der Waals surface area (Å²) in [7, 11) is 3.82. The van der Waals surface area contributed by atoms with Gasteiger partial charge in [0.15, 0.2) is 0 Å². The van der Waals surface area contributed by atoms with Crippen LogP contribution in [0.4, 0.5) is 0 Å². The number of rotatable bonds is 6. The van der Waals surface area contributed by atoms with Crippen LogP contribution in [0.1, 0.15) is 11.1 Å². The molecule has 0 fully saturated rings. The Hall–Kier alpha value is -1.63. The fourth-order valence-electron chi connectivity index (χ4n) is 2.14. The fraction of sp³-hybridized carbons (Fsp3) is 0.375. The van der Waals surface area contributed by atoms with E-state index in [0.29, 0.717) is 0 Å². The van der Waals surface area contributed by atoms with Crippen LogP contribution in [0.15, 0.2) is 29.8 Å². The van der Waals surface area contributed by atoms with Gasteiger partial charge in [0.25, 0.3) is 0 Å². The van der Waals surface area contributed by atoms with Gasteiger partial charge in [-0.1, -0.05) is 6.07 Å². The number of aromatic nitrogens is 1. The van der Waals surface area contributed by atoms with Crippen LogP contribution in [0.2, 0.25) is 0 Å². The van der Waals surface area contributed by atoms with Gasteiger partial charge in [-0.25, -0.2) is 12.7 Å². The summed E-state index contributed by atoms with van der Waals surface area (Å²) in [6.45, 7) is 0.974. The number of sulfonamides is 1. The van der Waals surface area contributed by atoms with E-state index >= 15 is 0 Å². The van der Waals surface area contributed by atoms with Crippen LogP contribution in [0.3, 0.4) is 0 Å². The van der Waals surface area contributed by atoms with Gasteiger partial charge in [-0.2, -0.15) is 0 Å². The number of hydrogen-bond donors (Lipinski definition) is 1. The van der Waals surface area contributed by atoms with Crippen molar-refractivity contribution in [1.29, 1.82) is 0 Å². The molecule has 6 heteroatoms.